The summed E-state index contributed by atoms with van der Waals surface area (Å²) in [5.41, 5.74) is 0. The zero-order valence-electron chi connectivity index (χ0n) is 8.57. The second-order valence-electron chi connectivity index (χ2n) is 3.27. The minimum Gasteiger partial charge on any atom is -0.312 e. The Morgan fingerprint density at radius 1 is 1.31 bits per heavy atom. The molecule has 0 unspecified atom stereocenters. The molecule has 0 aromatic carbocycles. The zero-order chi connectivity index (χ0) is 10.5. The number of rotatable bonds is 6. The van der Waals surface area contributed by atoms with Crippen LogP contribution in [0.4, 0.5) is 0 Å². The molecular weight excluding hydrogens is 191 g/mol. The minimum absolute atomic E-state index is 0.0815. The van der Waals surface area contributed by atoms with E-state index >= 15 is 0 Å². The van der Waals surface area contributed by atoms with Crippen LogP contribution < -0.4 is 0 Å². The van der Waals surface area contributed by atoms with Gasteiger partial charge in [0.25, 0.3) is 0 Å². The van der Waals surface area contributed by atoms with Crippen molar-refractivity contribution < 1.29 is 18.4 Å². The maximum absolute atomic E-state index is 11.5. The van der Waals surface area contributed by atoms with Gasteiger partial charge in [0.15, 0.2) is 0 Å². The topological polar surface area (TPSA) is 52.6 Å². The highest BCUT2D eigenvalue weighted by atomic mass is 31.2. The first-order valence-electron chi connectivity index (χ1n) is 4.15. The maximum atomic E-state index is 11.5. The summed E-state index contributed by atoms with van der Waals surface area (Å²) in [5, 5.41) is 0. The Hall–Kier alpha value is -0.180. The Morgan fingerprint density at radius 2 is 1.77 bits per heavy atom. The molecule has 0 radical (unpaired) electrons. The number of hydrogen-bond acceptors (Lipinski definition) is 4. The smallest absolute Gasteiger partial charge is 0.312 e. The molecule has 4 nitrogen and oxygen atoms in total. The largest absolute Gasteiger partial charge is 0.337 e. The van der Waals surface area contributed by atoms with Gasteiger partial charge in [-0.3, -0.25) is 9.36 Å². The van der Waals surface area contributed by atoms with Gasteiger partial charge in [0.1, 0.15) is 11.9 Å². The number of Topliss-reactive ketones (excluding diaryl/α,β-unsaturated/α-hetero) is 1. The lowest BCUT2D eigenvalue weighted by Gasteiger charge is -2.12. The molecule has 0 heterocycles. The second kappa shape index (κ2) is 5.53. The van der Waals surface area contributed by atoms with Gasteiger partial charge in [-0.2, -0.15) is 0 Å². The van der Waals surface area contributed by atoms with E-state index in [1.165, 1.54) is 14.2 Å². The van der Waals surface area contributed by atoms with Gasteiger partial charge < -0.3 is 9.05 Å². The molecule has 0 N–H and O–H groups in total. The molecule has 0 aliphatic rings. The number of ketones is 1. The lowest BCUT2D eigenvalue weighted by Crippen LogP contribution is -2.10. The first-order valence-corrected chi connectivity index (χ1v) is 5.88. The predicted octanol–water partition coefficient (Wildman–Crippen LogP) is 2.09. The lowest BCUT2D eigenvalue weighted by atomic mass is 10.1. The fourth-order valence-electron chi connectivity index (χ4n) is 0.940. The Morgan fingerprint density at radius 3 is 2.08 bits per heavy atom. The Balaban J connectivity index is 4.10. The number of hydrogen-bond donors (Lipinski definition) is 0. The first-order chi connectivity index (χ1) is 5.93. The van der Waals surface area contributed by atoms with Gasteiger partial charge in [-0.15, -0.1) is 0 Å². The molecule has 5 heteroatoms. The Kier molecular flexibility index (Phi) is 5.45. The highest BCUT2D eigenvalue weighted by Gasteiger charge is 2.25. The highest BCUT2D eigenvalue weighted by Crippen LogP contribution is 2.46. The van der Waals surface area contributed by atoms with Gasteiger partial charge in [-0.25, -0.2) is 0 Å². The molecule has 0 bridgehead atoms. The van der Waals surface area contributed by atoms with Gasteiger partial charge in [-0.05, 0) is 5.92 Å². The van der Waals surface area contributed by atoms with Gasteiger partial charge in [-0.1, -0.05) is 13.8 Å². The third-order valence-electron chi connectivity index (χ3n) is 1.56. The van der Waals surface area contributed by atoms with E-state index in [2.05, 4.69) is 9.05 Å². The van der Waals surface area contributed by atoms with E-state index in [-0.39, 0.29) is 17.9 Å². The van der Waals surface area contributed by atoms with Crippen molar-refractivity contribution in [2.75, 3.05) is 20.4 Å². The molecule has 0 saturated carbocycles. The second-order valence-corrected chi connectivity index (χ2v) is 5.54. The van der Waals surface area contributed by atoms with E-state index < -0.39 is 7.60 Å². The van der Waals surface area contributed by atoms with E-state index in [0.29, 0.717) is 6.42 Å². The molecule has 0 spiro atoms. The van der Waals surface area contributed by atoms with Gasteiger partial charge in [0.2, 0.25) is 0 Å². The van der Waals surface area contributed by atoms with Crippen molar-refractivity contribution in [1.82, 2.24) is 0 Å². The Bertz CT molecular complexity index is 204. The van der Waals surface area contributed by atoms with Crippen LogP contribution in [0.2, 0.25) is 0 Å². The summed E-state index contributed by atoms with van der Waals surface area (Å²) in [4.78, 5) is 11.3. The standard InChI is InChI=1S/C8H17O4P/c1-7(2)5-8(9)6-13(10,11-3)12-4/h7H,5-6H2,1-4H3. The molecule has 78 valence electrons. The average Bonchev–Trinajstić information content (AvgIpc) is 2.02. The summed E-state index contributed by atoms with van der Waals surface area (Å²) in [6.07, 6.45) is 0.287. The minimum atomic E-state index is -3.14. The Labute approximate surface area is 79.1 Å². The predicted molar refractivity (Wildman–Crippen MR) is 51.0 cm³/mol. The van der Waals surface area contributed by atoms with Crippen LogP contribution in [0.1, 0.15) is 20.3 Å². The third kappa shape index (κ3) is 5.19. The molecule has 0 amide bonds. The van der Waals surface area contributed by atoms with Crippen LogP contribution in [0.5, 0.6) is 0 Å². The molecule has 0 aromatic rings. The van der Waals surface area contributed by atoms with Crippen molar-refractivity contribution in [3.63, 3.8) is 0 Å². The van der Waals surface area contributed by atoms with Crippen molar-refractivity contribution in [1.29, 1.82) is 0 Å². The molecule has 0 aromatic heterocycles. The van der Waals surface area contributed by atoms with Crippen LogP contribution >= 0.6 is 7.60 Å². The molecule has 0 saturated heterocycles. The first kappa shape index (κ1) is 12.8. The van der Waals surface area contributed by atoms with E-state index in [9.17, 15) is 9.36 Å². The summed E-state index contributed by atoms with van der Waals surface area (Å²) in [5.74, 6) is 0.191. The van der Waals surface area contributed by atoms with Crippen molar-refractivity contribution in [3.8, 4) is 0 Å². The van der Waals surface area contributed by atoms with E-state index in [0.717, 1.165) is 0 Å². The van der Waals surface area contributed by atoms with Crippen LogP contribution in [-0.2, 0) is 18.4 Å². The van der Waals surface area contributed by atoms with Gasteiger partial charge >= 0.3 is 7.60 Å². The van der Waals surface area contributed by atoms with Crippen LogP contribution in [0.25, 0.3) is 0 Å². The molecule has 0 rings (SSSR count). The maximum Gasteiger partial charge on any atom is 0.337 e. The van der Waals surface area contributed by atoms with E-state index in [1.807, 2.05) is 13.8 Å². The monoisotopic (exact) mass is 208 g/mol. The zero-order valence-corrected chi connectivity index (χ0v) is 9.47. The lowest BCUT2D eigenvalue weighted by molar-refractivity contribution is -0.117. The van der Waals surface area contributed by atoms with Crippen LogP contribution in [-0.4, -0.2) is 26.2 Å². The molecule has 0 atom stereocenters. The summed E-state index contributed by atoms with van der Waals surface area (Å²) in [6.45, 7) is 3.87. The summed E-state index contributed by atoms with van der Waals surface area (Å²) in [7, 11) is -0.574. The van der Waals surface area contributed by atoms with Crippen LogP contribution in [0.15, 0.2) is 0 Å². The molecule has 0 aliphatic carbocycles. The third-order valence-corrected chi connectivity index (χ3v) is 3.41. The number of carbonyl (C=O) groups excluding carboxylic acids is 1. The van der Waals surface area contributed by atoms with Crippen LogP contribution in [0.3, 0.4) is 0 Å². The molecular formula is C8H17O4P. The van der Waals surface area contributed by atoms with Gasteiger partial charge in [0, 0.05) is 20.6 Å². The van der Waals surface area contributed by atoms with Crippen molar-refractivity contribution in [3.05, 3.63) is 0 Å². The quantitative estimate of drug-likeness (QED) is 0.627. The summed E-state index contributed by atoms with van der Waals surface area (Å²) < 4.78 is 20.8. The summed E-state index contributed by atoms with van der Waals surface area (Å²) in [6, 6.07) is 0. The van der Waals surface area contributed by atoms with Crippen LogP contribution in [0, 0.1) is 5.92 Å². The number of carbonyl (C=O) groups is 1. The van der Waals surface area contributed by atoms with E-state index in [1.54, 1.807) is 0 Å². The normalized spacial score (nSPS) is 12.1. The highest BCUT2D eigenvalue weighted by molar-refractivity contribution is 7.54. The summed E-state index contributed by atoms with van der Waals surface area (Å²) >= 11 is 0. The van der Waals surface area contributed by atoms with E-state index in [4.69, 9.17) is 0 Å². The van der Waals surface area contributed by atoms with Gasteiger partial charge in [0.05, 0.1) is 0 Å². The molecule has 0 aliphatic heterocycles. The fraction of sp³-hybridized carbons (Fsp3) is 0.875. The van der Waals surface area contributed by atoms with Crippen molar-refractivity contribution >= 4 is 13.4 Å². The molecule has 13 heavy (non-hydrogen) atoms. The van der Waals surface area contributed by atoms with Crippen molar-refractivity contribution in [2.45, 2.75) is 20.3 Å². The molecule has 0 fully saturated rings. The SMILES string of the molecule is COP(=O)(CC(=O)CC(C)C)OC. The fourth-order valence-corrected chi connectivity index (χ4v) is 1.91. The van der Waals surface area contributed by atoms with Crippen molar-refractivity contribution in [2.24, 2.45) is 5.92 Å². The average molecular weight is 208 g/mol.